The smallest absolute Gasteiger partial charge is 0.136 e. The molecule has 0 saturated carbocycles. The second-order valence-corrected chi connectivity index (χ2v) is 5.13. The lowest BCUT2D eigenvalue weighted by Crippen LogP contribution is -2.24. The molecule has 1 heterocycles. The van der Waals surface area contributed by atoms with E-state index in [1.165, 1.54) is 0 Å². The van der Waals surface area contributed by atoms with Crippen molar-refractivity contribution in [1.82, 2.24) is 5.32 Å². The summed E-state index contributed by atoms with van der Waals surface area (Å²) in [5.41, 5.74) is 1.88. The van der Waals surface area contributed by atoms with Gasteiger partial charge in [-0.05, 0) is 35.7 Å². The molecule has 3 rings (SSSR count). The number of fused-ring (bicyclic) bond motifs is 1. The number of nitrogens with one attached hydrogen (secondary N) is 1. The highest BCUT2D eigenvalue weighted by atomic mass is 35.5. The Morgan fingerprint density at radius 3 is 2.40 bits per heavy atom. The highest BCUT2D eigenvalue weighted by molar-refractivity contribution is 6.31. The van der Waals surface area contributed by atoms with E-state index in [4.69, 9.17) is 11.6 Å². The molecule has 20 heavy (non-hydrogen) atoms. The third-order valence-electron chi connectivity index (χ3n) is 3.50. The Hall–Kier alpha value is -1.52. The standard InChI is InChI=1S/C15H11ClF3N/c16-12-2-1-10(11-7-20-4-3-9(11)12)15-13(18)5-8(17)6-14(15)19/h1-2,5-6,20H,3-4,7H2. The second kappa shape index (κ2) is 5.11. The van der Waals surface area contributed by atoms with Crippen molar-refractivity contribution < 1.29 is 13.2 Å². The third-order valence-corrected chi connectivity index (χ3v) is 3.86. The zero-order chi connectivity index (χ0) is 14.3. The van der Waals surface area contributed by atoms with E-state index < -0.39 is 17.5 Å². The van der Waals surface area contributed by atoms with E-state index in [0.29, 0.717) is 35.7 Å². The van der Waals surface area contributed by atoms with Crippen molar-refractivity contribution >= 4 is 11.6 Å². The Kier molecular flexibility index (Phi) is 3.44. The van der Waals surface area contributed by atoms with Gasteiger partial charge in [0.1, 0.15) is 17.5 Å². The van der Waals surface area contributed by atoms with Crippen molar-refractivity contribution in [2.45, 2.75) is 13.0 Å². The van der Waals surface area contributed by atoms with Gasteiger partial charge in [0.2, 0.25) is 0 Å². The van der Waals surface area contributed by atoms with Crippen LogP contribution in [0.3, 0.4) is 0 Å². The fourth-order valence-electron chi connectivity index (χ4n) is 2.60. The maximum Gasteiger partial charge on any atom is 0.136 e. The SMILES string of the molecule is Fc1cc(F)c(-c2ccc(Cl)c3c2CNCC3)c(F)c1. The lowest BCUT2D eigenvalue weighted by molar-refractivity contribution is 0.547. The fourth-order valence-corrected chi connectivity index (χ4v) is 2.87. The molecule has 1 N–H and O–H groups in total. The van der Waals surface area contributed by atoms with Gasteiger partial charge in [0.05, 0.1) is 5.56 Å². The van der Waals surface area contributed by atoms with Crippen LogP contribution in [0.1, 0.15) is 11.1 Å². The molecule has 1 nitrogen and oxygen atoms in total. The van der Waals surface area contributed by atoms with Gasteiger partial charge in [-0.25, -0.2) is 13.2 Å². The number of hydrogen-bond donors (Lipinski definition) is 1. The minimum absolute atomic E-state index is 0.206. The average Bonchev–Trinajstić information content (AvgIpc) is 2.40. The van der Waals surface area contributed by atoms with E-state index in [0.717, 1.165) is 17.7 Å². The first-order valence-corrected chi connectivity index (χ1v) is 6.61. The number of rotatable bonds is 1. The van der Waals surface area contributed by atoms with Crippen molar-refractivity contribution in [3.05, 3.63) is 57.9 Å². The minimum Gasteiger partial charge on any atom is -0.312 e. The summed E-state index contributed by atoms with van der Waals surface area (Å²) in [6.45, 7) is 1.26. The van der Waals surface area contributed by atoms with Crippen LogP contribution in [0.4, 0.5) is 13.2 Å². The summed E-state index contributed by atoms with van der Waals surface area (Å²) in [6.07, 6.45) is 0.701. The van der Waals surface area contributed by atoms with Gasteiger partial charge >= 0.3 is 0 Å². The summed E-state index contributed by atoms with van der Waals surface area (Å²) in [4.78, 5) is 0. The summed E-state index contributed by atoms with van der Waals surface area (Å²) in [5, 5.41) is 3.74. The van der Waals surface area contributed by atoms with E-state index >= 15 is 0 Å². The van der Waals surface area contributed by atoms with Gasteiger partial charge in [-0.1, -0.05) is 17.7 Å². The number of benzene rings is 2. The number of halogens is 4. The quantitative estimate of drug-likeness (QED) is 0.836. The van der Waals surface area contributed by atoms with Crippen LogP contribution in [0.15, 0.2) is 24.3 Å². The molecule has 0 radical (unpaired) electrons. The molecule has 0 saturated heterocycles. The van der Waals surface area contributed by atoms with Gasteiger partial charge in [0.15, 0.2) is 0 Å². The summed E-state index contributed by atoms with van der Waals surface area (Å²) >= 11 is 6.13. The van der Waals surface area contributed by atoms with E-state index in [2.05, 4.69) is 5.32 Å². The monoisotopic (exact) mass is 297 g/mol. The van der Waals surface area contributed by atoms with Crippen LogP contribution in [0, 0.1) is 17.5 Å². The molecule has 0 amide bonds. The van der Waals surface area contributed by atoms with Gasteiger partial charge in [0.25, 0.3) is 0 Å². The summed E-state index contributed by atoms with van der Waals surface area (Å²) in [6, 6.07) is 4.59. The minimum atomic E-state index is -0.926. The van der Waals surface area contributed by atoms with Gasteiger partial charge in [0, 0.05) is 23.7 Å². The molecule has 0 fully saturated rings. The Bertz CT molecular complexity index is 662. The molecule has 0 aromatic heterocycles. The van der Waals surface area contributed by atoms with Crippen LogP contribution in [-0.4, -0.2) is 6.54 Å². The highest BCUT2D eigenvalue weighted by Gasteiger charge is 2.21. The van der Waals surface area contributed by atoms with Crippen LogP contribution in [0.5, 0.6) is 0 Å². The Labute approximate surface area is 119 Å². The van der Waals surface area contributed by atoms with Crippen molar-refractivity contribution in [2.75, 3.05) is 6.54 Å². The lowest BCUT2D eigenvalue weighted by Gasteiger charge is -2.22. The maximum absolute atomic E-state index is 13.9. The largest absolute Gasteiger partial charge is 0.312 e. The van der Waals surface area contributed by atoms with Gasteiger partial charge in [-0.3, -0.25) is 0 Å². The second-order valence-electron chi connectivity index (χ2n) is 4.72. The summed E-state index contributed by atoms with van der Waals surface area (Å²) in [5.74, 6) is -2.74. The van der Waals surface area contributed by atoms with Crippen LogP contribution < -0.4 is 5.32 Å². The van der Waals surface area contributed by atoms with Crippen molar-refractivity contribution in [2.24, 2.45) is 0 Å². The Balaban J connectivity index is 2.26. The Morgan fingerprint density at radius 2 is 1.70 bits per heavy atom. The number of hydrogen-bond acceptors (Lipinski definition) is 1. The van der Waals surface area contributed by atoms with E-state index in [1.54, 1.807) is 12.1 Å². The predicted octanol–water partition coefficient (Wildman–Crippen LogP) is 4.07. The molecule has 2 aromatic carbocycles. The molecule has 0 atom stereocenters. The van der Waals surface area contributed by atoms with Gasteiger partial charge in [-0.2, -0.15) is 0 Å². The first-order chi connectivity index (χ1) is 9.58. The molecule has 1 aliphatic rings. The normalized spacial score (nSPS) is 14.2. The molecule has 0 aliphatic carbocycles. The zero-order valence-corrected chi connectivity index (χ0v) is 11.2. The summed E-state index contributed by atoms with van der Waals surface area (Å²) in [7, 11) is 0. The van der Waals surface area contributed by atoms with Crippen molar-refractivity contribution in [3.8, 4) is 11.1 Å². The van der Waals surface area contributed by atoms with Gasteiger partial charge in [-0.15, -0.1) is 0 Å². The molecule has 5 heteroatoms. The maximum atomic E-state index is 13.9. The third kappa shape index (κ3) is 2.19. The summed E-state index contributed by atoms with van der Waals surface area (Å²) < 4.78 is 40.9. The molecule has 1 aliphatic heterocycles. The molecule has 0 bridgehead atoms. The Morgan fingerprint density at radius 1 is 1.00 bits per heavy atom. The molecular formula is C15H11ClF3N. The van der Waals surface area contributed by atoms with Gasteiger partial charge < -0.3 is 5.32 Å². The van der Waals surface area contributed by atoms with E-state index in [1.807, 2.05) is 0 Å². The van der Waals surface area contributed by atoms with Crippen molar-refractivity contribution in [1.29, 1.82) is 0 Å². The average molecular weight is 298 g/mol. The fraction of sp³-hybridized carbons (Fsp3) is 0.200. The van der Waals surface area contributed by atoms with Crippen LogP contribution in [0.25, 0.3) is 11.1 Å². The first kappa shape index (κ1) is 13.5. The van der Waals surface area contributed by atoms with Crippen LogP contribution in [0.2, 0.25) is 5.02 Å². The molecule has 2 aromatic rings. The first-order valence-electron chi connectivity index (χ1n) is 6.24. The topological polar surface area (TPSA) is 12.0 Å². The molecular weight excluding hydrogens is 287 g/mol. The van der Waals surface area contributed by atoms with Crippen molar-refractivity contribution in [3.63, 3.8) is 0 Å². The van der Waals surface area contributed by atoms with E-state index in [9.17, 15) is 13.2 Å². The molecule has 0 unspecified atom stereocenters. The predicted molar refractivity (Wildman–Crippen MR) is 72.2 cm³/mol. The molecule has 0 spiro atoms. The lowest BCUT2D eigenvalue weighted by atomic mass is 9.91. The van der Waals surface area contributed by atoms with Crippen LogP contribution >= 0.6 is 11.6 Å². The van der Waals surface area contributed by atoms with Crippen LogP contribution in [-0.2, 0) is 13.0 Å². The highest BCUT2D eigenvalue weighted by Crippen LogP contribution is 2.35. The molecule has 104 valence electrons. The van der Waals surface area contributed by atoms with E-state index in [-0.39, 0.29) is 5.56 Å². The zero-order valence-electron chi connectivity index (χ0n) is 10.4.